The summed E-state index contributed by atoms with van der Waals surface area (Å²) < 4.78 is 0. The van der Waals surface area contributed by atoms with Crippen molar-refractivity contribution in [3.63, 3.8) is 0 Å². The van der Waals surface area contributed by atoms with Crippen molar-refractivity contribution in [1.82, 2.24) is 9.80 Å². The molecule has 1 fully saturated rings. The molecule has 1 aliphatic heterocycles. The Kier molecular flexibility index (Phi) is 5.23. The Balaban J connectivity index is 1.87. The predicted octanol–water partition coefficient (Wildman–Crippen LogP) is 2.90. The highest BCUT2D eigenvalue weighted by molar-refractivity contribution is 6.30. The van der Waals surface area contributed by atoms with E-state index >= 15 is 0 Å². The minimum atomic E-state index is 0.117. The van der Waals surface area contributed by atoms with Crippen LogP contribution in [0.15, 0.2) is 24.3 Å². The average molecular weight is 281 g/mol. The van der Waals surface area contributed by atoms with Gasteiger partial charge in [-0.2, -0.15) is 0 Å². The standard InChI is InChI=1S/C15H21ClN2O/c1-2-3-8-17-9-11-18(12-10-17)15(19)13-4-6-14(16)7-5-13/h4-7H,2-3,8-12H2,1H3. The summed E-state index contributed by atoms with van der Waals surface area (Å²) in [6.45, 7) is 6.98. The molecule has 0 radical (unpaired) electrons. The Labute approximate surface area is 120 Å². The van der Waals surface area contributed by atoms with Gasteiger partial charge in [0.1, 0.15) is 0 Å². The monoisotopic (exact) mass is 280 g/mol. The molecule has 0 aromatic heterocycles. The molecule has 1 saturated heterocycles. The number of piperazine rings is 1. The van der Waals surface area contributed by atoms with Crippen LogP contribution in [0.2, 0.25) is 5.02 Å². The summed E-state index contributed by atoms with van der Waals surface area (Å²) in [7, 11) is 0. The second-order valence-corrected chi connectivity index (χ2v) is 5.43. The molecule has 19 heavy (non-hydrogen) atoms. The first kappa shape index (κ1) is 14.4. The van der Waals surface area contributed by atoms with Crippen molar-refractivity contribution in [2.75, 3.05) is 32.7 Å². The van der Waals surface area contributed by atoms with Gasteiger partial charge in [-0.25, -0.2) is 0 Å². The fourth-order valence-corrected chi connectivity index (χ4v) is 2.46. The van der Waals surface area contributed by atoms with Gasteiger partial charge in [0, 0.05) is 36.8 Å². The number of unbranched alkanes of at least 4 members (excludes halogenated alkanes) is 1. The lowest BCUT2D eigenvalue weighted by atomic mass is 10.2. The average Bonchev–Trinajstić information content (AvgIpc) is 2.46. The highest BCUT2D eigenvalue weighted by Crippen LogP contribution is 2.13. The van der Waals surface area contributed by atoms with Crippen molar-refractivity contribution >= 4 is 17.5 Å². The molecule has 0 saturated carbocycles. The van der Waals surface area contributed by atoms with Gasteiger partial charge in [-0.1, -0.05) is 24.9 Å². The summed E-state index contributed by atoms with van der Waals surface area (Å²) in [5, 5.41) is 0.668. The first-order valence-electron chi connectivity index (χ1n) is 6.98. The lowest BCUT2D eigenvalue weighted by Crippen LogP contribution is -2.48. The first-order chi connectivity index (χ1) is 9.20. The number of carbonyl (C=O) groups is 1. The summed E-state index contributed by atoms with van der Waals surface area (Å²) in [5.41, 5.74) is 0.728. The maximum absolute atomic E-state index is 12.3. The minimum Gasteiger partial charge on any atom is -0.336 e. The highest BCUT2D eigenvalue weighted by Gasteiger charge is 2.21. The van der Waals surface area contributed by atoms with Gasteiger partial charge in [-0.05, 0) is 37.2 Å². The van der Waals surface area contributed by atoms with Gasteiger partial charge in [-0.15, -0.1) is 0 Å². The van der Waals surface area contributed by atoms with Gasteiger partial charge < -0.3 is 4.90 Å². The number of benzene rings is 1. The van der Waals surface area contributed by atoms with Crippen molar-refractivity contribution in [2.45, 2.75) is 19.8 Å². The van der Waals surface area contributed by atoms with Crippen LogP contribution in [-0.2, 0) is 0 Å². The molecule has 0 unspecified atom stereocenters. The van der Waals surface area contributed by atoms with E-state index < -0.39 is 0 Å². The molecule has 0 aliphatic carbocycles. The van der Waals surface area contributed by atoms with E-state index in [-0.39, 0.29) is 5.91 Å². The number of amides is 1. The van der Waals surface area contributed by atoms with Gasteiger partial charge in [0.05, 0.1) is 0 Å². The fraction of sp³-hybridized carbons (Fsp3) is 0.533. The zero-order valence-corrected chi connectivity index (χ0v) is 12.2. The zero-order valence-electron chi connectivity index (χ0n) is 11.4. The molecule has 1 heterocycles. The number of hydrogen-bond acceptors (Lipinski definition) is 2. The van der Waals surface area contributed by atoms with E-state index in [2.05, 4.69) is 11.8 Å². The van der Waals surface area contributed by atoms with Crippen LogP contribution in [0.1, 0.15) is 30.1 Å². The van der Waals surface area contributed by atoms with Crippen molar-refractivity contribution in [1.29, 1.82) is 0 Å². The van der Waals surface area contributed by atoms with Gasteiger partial charge in [0.2, 0.25) is 0 Å². The molecule has 1 amide bonds. The van der Waals surface area contributed by atoms with Gasteiger partial charge in [0.25, 0.3) is 5.91 Å². The molecule has 2 rings (SSSR count). The molecule has 4 heteroatoms. The lowest BCUT2D eigenvalue weighted by molar-refractivity contribution is 0.0636. The SMILES string of the molecule is CCCCN1CCN(C(=O)c2ccc(Cl)cc2)CC1. The Morgan fingerprint density at radius 1 is 1.16 bits per heavy atom. The molecule has 3 nitrogen and oxygen atoms in total. The van der Waals surface area contributed by atoms with Gasteiger partial charge in [-0.3, -0.25) is 9.69 Å². The zero-order chi connectivity index (χ0) is 13.7. The maximum atomic E-state index is 12.3. The van der Waals surface area contributed by atoms with Crippen LogP contribution in [0.5, 0.6) is 0 Å². The lowest BCUT2D eigenvalue weighted by Gasteiger charge is -2.34. The third-order valence-corrected chi connectivity index (χ3v) is 3.83. The molecule has 1 aromatic rings. The Hall–Kier alpha value is -1.06. The topological polar surface area (TPSA) is 23.6 Å². The number of rotatable bonds is 4. The maximum Gasteiger partial charge on any atom is 0.253 e. The van der Waals surface area contributed by atoms with Crippen LogP contribution in [0.25, 0.3) is 0 Å². The fourth-order valence-electron chi connectivity index (χ4n) is 2.33. The summed E-state index contributed by atoms with van der Waals surface area (Å²) >= 11 is 5.84. The van der Waals surface area contributed by atoms with Crippen LogP contribution >= 0.6 is 11.6 Å². The number of halogens is 1. The number of carbonyl (C=O) groups excluding carboxylic acids is 1. The summed E-state index contributed by atoms with van der Waals surface area (Å²) in [6.07, 6.45) is 2.47. The second-order valence-electron chi connectivity index (χ2n) is 4.99. The second kappa shape index (κ2) is 6.92. The van der Waals surface area contributed by atoms with Crippen molar-refractivity contribution in [2.24, 2.45) is 0 Å². The molecule has 1 aliphatic rings. The molecular formula is C15H21ClN2O. The number of hydrogen-bond donors (Lipinski definition) is 0. The highest BCUT2D eigenvalue weighted by atomic mass is 35.5. The van der Waals surface area contributed by atoms with Crippen molar-refractivity contribution in [3.05, 3.63) is 34.9 Å². The molecule has 0 spiro atoms. The molecule has 0 bridgehead atoms. The molecular weight excluding hydrogens is 260 g/mol. The molecule has 0 atom stereocenters. The first-order valence-corrected chi connectivity index (χ1v) is 7.35. The predicted molar refractivity (Wildman–Crippen MR) is 78.7 cm³/mol. The Morgan fingerprint density at radius 2 is 1.79 bits per heavy atom. The van der Waals surface area contributed by atoms with Crippen LogP contribution in [0, 0.1) is 0 Å². The minimum absolute atomic E-state index is 0.117. The van der Waals surface area contributed by atoms with Gasteiger partial charge in [0.15, 0.2) is 0 Å². The third kappa shape index (κ3) is 3.95. The molecule has 104 valence electrons. The van der Waals surface area contributed by atoms with E-state index in [1.54, 1.807) is 24.3 Å². The van der Waals surface area contributed by atoms with Crippen LogP contribution in [0.3, 0.4) is 0 Å². The van der Waals surface area contributed by atoms with Crippen molar-refractivity contribution < 1.29 is 4.79 Å². The summed E-state index contributed by atoms with van der Waals surface area (Å²) in [4.78, 5) is 16.7. The van der Waals surface area contributed by atoms with Crippen LogP contribution < -0.4 is 0 Å². The molecule has 0 N–H and O–H groups in total. The normalized spacial score (nSPS) is 16.6. The summed E-state index contributed by atoms with van der Waals surface area (Å²) in [5.74, 6) is 0.117. The van der Waals surface area contributed by atoms with Gasteiger partial charge >= 0.3 is 0 Å². The van der Waals surface area contributed by atoms with E-state index in [1.807, 2.05) is 4.90 Å². The van der Waals surface area contributed by atoms with E-state index in [9.17, 15) is 4.79 Å². The Morgan fingerprint density at radius 3 is 2.37 bits per heavy atom. The van der Waals surface area contributed by atoms with Crippen molar-refractivity contribution in [3.8, 4) is 0 Å². The third-order valence-electron chi connectivity index (χ3n) is 3.58. The van der Waals surface area contributed by atoms with E-state index in [0.29, 0.717) is 5.02 Å². The summed E-state index contributed by atoms with van der Waals surface area (Å²) in [6, 6.07) is 7.14. The molecule has 1 aromatic carbocycles. The van der Waals surface area contributed by atoms with E-state index in [1.165, 1.54) is 12.8 Å². The van der Waals surface area contributed by atoms with Crippen LogP contribution in [0.4, 0.5) is 0 Å². The largest absolute Gasteiger partial charge is 0.336 e. The Bertz CT molecular complexity index is 411. The quantitative estimate of drug-likeness (QED) is 0.847. The van der Waals surface area contributed by atoms with E-state index in [0.717, 1.165) is 38.3 Å². The van der Waals surface area contributed by atoms with E-state index in [4.69, 9.17) is 11.6 Å². The smallest absolute Gasteiger partial charge is 0.253 e. The van der Waals surface area contributed by atoms with Crippen LogP contribution in [-0.4, -0.2) is 48.4 Å². The number of nitrogens with zero attached hydrogens (tertiary/aromatic N) is 2.